The number of nitrogens with one attached hydrogen (secondary N) is 1. The topological polar surface area (TPSA) is 21.3 Å². The average molecular weight is 281 g/mol. The van der Waals surface area contributed by atoms with Gasteiger partial charge in [0.2, 0.25) is 0 Å². The molecule has 0 aliphatic heterocycles. The lowest BCUT2D eigenvalue weighted by atomic mass is 9.72. The number of hydrogen-bond acceptors (Lipinski definition) is 2. The van der Waals surface area contributed by atoms with Crippen LogP contribution in [0.3, 0.4) is 0 Å². The molecule has 2 fully saturated rings. The van der Waals surface area contributed by atoms with Gasteiger partial charge in [-0.25, -0.2) is 0 Å². The monoisotopic (exact) mass is 281 g/mol. The summed E-state index contributed by atoms with van der Waals surface area (Å²) in [4.78, 5) is 0. The third-order valence-corrected chi connectivity index (χ3v) is 5.58. The standard InChI is InChI=1S/C18H35NO/c1-5-11-19-17(18(20-6-2)15-9-10-15)16-8-7-13(3)14(4)12-16/h13-19H,5-12H2,1-4H3. The summed E-state index contributed by atoms with van der Waals surface area (Å²) in [5.74, 6) is 3.44. The first kappa shape index (κ1) is 16.3. The highest BCUT2D eigenvalue weighted by Crippen LogP contribution is 2.42. The summed E-state index contributed by atoms with van der Waals surface area (Å²) in [6, 6.07) is 0.595. The lowest BCUT2D eigenvalue weighted by Crippen LogP contribution is -2.49. The minimum Gasteiger partial charge on any atom is -0.377 e. The first-order chi connectivity index (χ1) is 9.67. The normalized spacial score (nSPS) is 33.9. The van der Waals surface area contributed by atoms with Crippen molar-refractivity contribution in [3.8, 4) is 0 Å². The maximum Gasteiger partial charge on any atom is 0.0758 e. The fraction of sp³-hybridized carbons (Fsp3) is 1.00. The molecule has 5 unspecified atom stereocenters. The Hall–Kier alpha value is -0.0800. The quantitative estimate of drug-likeness (QED) is 0.718. The Balaban J connectivity index is 2.01. The van der Waals surface area contributed by atoms with Crippen molar-refractivity contribution in [3.63, 3.8) is 0 Å². The molecule has 1 N–H and O–H groups in total. The Kier molecular flexibility index (Phi) is 6.35. The second-order valence-corrected chi connectivity index (χ2v) is 7.26. The van der Waals surface area contributed by atoms with Crippen LogP contribution in [0.15, 0.2) is 0 Å². The van der Waals surface area contributed by atoms with Gasteiger partial charge in [-0.05, 0) is 69.2 Å². The van der Waals surface area contributed by atoms with Gasteiger partial charge < -0.3 is 10.1 Å². The predicted molar refractivity (Wildman–Crippen MR) is 85.9 cm³/mol. The van der Waals surface area contributed by atoms with Crippen molar-refractivity contribution in [2.45, 2.75) is 78.4 Å². The zero-order valence-electron chi connectivity index (χ0n) is 14.0. The molecule has 0 amide bonds. The molecule has 0 aromatic rings. The van der Waals surface area contributed by atoms with Gasteiger partial charge in [0.1, 0.15) is 0 Å². The lowest BCUT2D eigenvalue weighted by Gasteiger charge is -2.40. The Labute approximate surface area is 126 Å². The van der Waals surface area contributed by atoms with E-state index in [9.17, 15) is 0 Å². The van der Waals surface area contributed by atoms with E-state index in [-0.39, 0.29) is 0 Å². The minimum absolute atomic E-state index is 0.470. The number of ether oxygens (including phenoxy) is 1. The lowest BCUT2D eigenvalue weighted by molar-refractivity contribution is -0.00889. The van der Waals surface area contributed by atoms with Gasteiger partial charge in [0.25, 0.3) is 0 Å². The number of hydrogen-bond donors (Lipinski definition) is 1. The van der Waals surface area contributed by atoms with Crippen LogP contribution in [-0.4, -0.2) is 25.3 Å². The highest BCUT2D eigenvalue weighted by molar-refractivity contribution is 4.95. The van der Waals surface area contributed by atoms with E-state index in [0.29, 0.717) is 12.1 Å². The van der Waals surface area contributed by atoms with Crippen molar-refractivity contribution in [2.24, 2.45) is 23.7 Å². The van der Waals surface area contributed by atoms with E-state index < -0.39 is 0 Å². The maximum absolute atomic E-state index is 6.18. The third kappa shape index (κ3) is 4.21. The molecule has 5 atom stereocenters. The van der Waals surface area contributed by atoms with Gasteiger partial charge in [-0.15, -0.1) is 0 Å². The van der Waals surface area contributed by atoms with Crippen LogP contribution in [0.4, 0.5) is 0 Å². The molecule has 0 bridgehead atoms. The van der Waals surface area contributed by atoms with Crippen molar-refractivity contribution in [1.82, 2.24) is 5.32 Å². The van der Waals surface area contributed by atoms with E-state index >= 15 is 0 Å². The van der Waals surface area contributed by atoms with E-state index in [0.717, 1.165) is 36.8 Å². The van der Waals surface area contributed by atoms with E-state index in [4.69, 9.17) is 4.74 Å². The van der Waals surface area contributed by atoms with Crippen molar-refractivity contribution in [1.29, 1.82) is 0 Å². The van der Waals surface area contributed by atoms with Crippen molar-refractivity contribution in [2.75, 3.05) is 13.2 Å². The Morgan fingerprint density at radius 3 is 2.25 bits per heavy atom. The van der Waals surface area contributed by atoms with Crippen LogP contribution in [0.2, 0.25) is 0 Å². The summed E-state index contributed by atoms with van der Waals surface area (Å²) in [7, 11) is 0. The fourth-order valence-corrected chi connectivity index (χ4v) is 3.93. The van der Waals surface area contributed by atoms with E-state index in [2.05, 4.69) is 33.0 Å². The predicted octanol–water partition coefficient (Wildman–Crippen LogP) is 4.24. The van der Waals surface area contributed by atoms with E-state index in [1.165, 1.54) is 38.5 Å². The molecule has 118 valence electrons. The molecule has 2 heteroatoms. The van der Waals surface area contributed by atoms with Crippen molar-refractivity contribution < 1.29 is 4.74 Å². The van der Waals surface area contributed by atoms with Crippen molar-refractivity contribution >= 4 is 0 Å². The Morgan fingerprint density at radius 2 is 1.70 bits per heavy atom. The first-order valence-electron chi connectivity index (χ1n) is 9.02. The molecule has 0 heterocycles. The van der Waals surface area contributed by atoms with Gasteiger partial charge in [-0.2, -0.15) is 0 Å². The number of rotatable bonds is 8. The molecule has 2 saturated carbocycles. The molecule has 2 aliphatic rings. The van der Waals surface area contributed by atoms with Crippen LogP contribution in [0.25, 0.3) is 0 Å². The van der Waals surface area contributed by atoms with E-state index in [1.54, 1.807) is 0 Å². The molecule has 0 spiro atoms. The largest absolute Gasteiger partial charge is 0.377 e. The molecule has 0 radical (unpaired) electrons. The Bertz CT molecular complexity index is 277. The van der Waals surface area contributed by atoms with Gasteiger partial charge in [-0.3, -0.25) is 0 Å². The molecule has 0 aromatic heterocycles. The zero-order chi connectivity index (χ0) is 14.5. The summed E-state index contributed by atoms with van der Waals surface area (Å²) in [6.07, 6.45) is 8.64. The van der Waals surface area contributed by atoms with Gasteiger partial charge in [0.05, 0.1) is 6.10 Å². The second kappa shape index (κ2) is 7.79. The summed E-state index contributed by atoms with van der Waals surface area (Å²) >= 11 is 0. The van der Waals surface area contributed by atoms with Crippen LogP contribution >= 0.6 is 0 Å². The van der Waals surface area contributed by atoms with Crippen LogP contribution in [0.5, 0.6) is 0 Å². The van der Waals surface area contributed by atoms with Gasteiger partial charge in [-0.1, -0.05) is 27.2 Å². The molecule has 0 aromatic carbocycles. The molecule has 2 nitrogen and oxygen atoms in total. The third-order valence-electron chi connectivity index (χ3n) is 5.58. The molecular formula is C18H35NO. The van der Waals surface area contributed by atoms with Crippen LogP contribution in [0.1, 0.15) is 66.2 Å². The summed E-state index contributed by atoms with van der Waals surface area (Å²) in [6.45, 7) is 11.3. The summed E-state index contributed by atoms with van der Waals surface area (Å²) in [5, 5.41) is 3.86. The highest BCUT2D eigenvalue weighted by Gasteiger charge is 2.41. The molecule has 2 aliphatic carbocycles. The molecular weight excluding hydrogens is 246 g/mol. The van der Waals surface area contributed by atoms with Gasteiger partial charge in [0, 0.05) is 12.6 Å². The first-order valence-corrected chi connectivity index (χ1v) is 9.02. The SMILES string of the molecule is CCCNC(C1CCC(C)C(C)C1)C(OCC)C1CC1. The van der Waals surface area contributed by atoms with Crippen LogP contribution in [0, 0.1) is 23.7 Å². The second-order valence-electron chi connectivity index (χ2n) is 7.26. The highest BCUT2D eigenvalue weighted by atomic mass is 16.5. The van der Waals surface area contributed by atoms with Crippen LogP contribution in [-0.2, 0) is 4.74 Å². The van der Waals surface area contributed by atoms with Crippen molar-refractivity contribution in [3.05, 3.63) is 0 Å². The Morgan fingerprint density at radius 1 is 1.00 bits per heavy atom. The molecule has 0 saturated heterocycles. The fourth-order valence-electron chi connectivity index (χ4n) is 3.93. The average Bonchev–Trinajstić information content (AvgIpc) is 3.26. The smallest absolute Gasteiger partial charge is 0.0758 e. The molecule has 2 rings (SSSR count). The summed E-state index contributed by atoms with van der Waals surface area (Å²) < 4.78 is 6.18. The van der Waals surface area contributed by atoms with Gasteiger partial charge in [0.15, 0.2) is 0 Å². The molecule has 20 heavy (non-hydrogen) atoms. The maximum atomic E-state index is 6.18. The minimum atomic E-state index is 0.470. The van der Waals surface area contributed by atoms with Crippen LogP contribution < -0.4 is 5.32 Å². The van der Waals surface area contributed by atoms with E-state index in [1.807, 2.05) is 0 Å². The van der Waals surface area contributed by atoms with Gasteiger partial charge >= 0.3 is 0 Å². The zero-order valence-corrected chi connectivity index (χ0v) is 14.0. The summed E-state index contributed by atoms with van der Waals surface area (Å²) in [5.41, 5.74) is 0.